The van der Waals surface area contributed by atoms with Gasteiger partial charge in [-0.05, 0) is 48.8 Å². The van der Waals surface area contributed by atoms with Gasteiger partial charge in [0.05, 0.1) is 5.69 Å². The van der Waals surface area contributed by atoms with Crippen molar-refractivity contribution in [2.45, 2.75) is 12.8 Å². The van der Waals surface area contributed by atoms with E-state index < -0.39 is 11.5 Å². The summed E-state index contributed by atoms with van der Waals surface area (Å²) in [5.74, 6) is -1.55. The quantitative estimate of drug-likeness (QED) is 0.802. The van der Waals surface area contributed by atoms with E-state index in [-0.39, 0.29) is 17.3 Å². The van der Waals surface area contributed by atoms with Crippen LogP contribution in [0.5, 0.6) is 0 Å². The van der Waals surface area contributed by atoms with Gasteiger partial charge in [0.1, 0.15) is 5.69 Å². The molecule has 0 atom stereocenters. The van der Waals surface area contributed by atoms with Gasteiger partial charge < -0.3 is 5.11 Å². The molecule has 0 bridgehead atoms. The van der Waals surface area contributed by atoms with Crippen LogP contribution >= 0.6 is 0 Å². The van der Waals surface area contributed by atoms with Crippen molar-refractivity contribution in [3.05, 3.63) is 75.7 Å². The third-order valence-corrected chi connectivity index (χ3v) is 3.86. The van der Waals surface area contributed by atoms with E-state index in [4.69, 9.17) is 5.11 Å². The van der Waals surface area contributed by atoms with Crippen LogP contribution in [0.3, 0.4) is 0 Å². The number of aromatic nitrogens is 2. The molecule has 7 nitrogen and oxygen atoms in total. The normalized spacial score (nSPS) is 13.8. The Morgan fingerprint density at radius 3 is 2.40 bits per heavy atom. The van der Waals surface area contributed by atoms with E-state index in [2.05, 4.69) is 5.10 Å². The van der Waals surface area contributed by atoms with E-state index in [0.717, 1.165) is 16.3 Å². The molecule has 0 fully saturated rings. The highest BCUT2D eigenvalue weighted by atomic mass is 16.4. The highest BCUT2D eigenvalue weighted by molar-refractivity contribution is 6.17. The molecule has 25 heavy (non-hydrogen) atoms. The Bertz CT molecular complexity index is 974. The van der Waals surface area contributed by atoms with E-state index in [1.165, 1.54) is 18.2 Å². The predicted molar refractivity (Wildman–Crippen MR) is 88.9 cm³/mol. The van der Waals surface area contributed by atoms with Crippen LogP contribution in [0.2, 0.25) is 0 Å². The number of aromatic carboxylic acids is 1. The maximum absolute atomic E-state index is 11.8. The number of nitrogens with one attached hydrogen (secondary N) is 1. The van der Waals surface area contributed by atoms with Gasteiger partial charge in [-0.15, -0.1) is 0 Å². The van der Waals surface area contributed by atoms with Crippen LogP contribution in [-0.2, 0) is 16.0 Å². The van der Waals surface area contributed by atoms with E-state index >= 15 is 0 Å². The Morgan fingerprint density at radius 1 is 1.04 bits per heavy atom. The Balaban J connectivity index is 1.73. The summed E-state index contributed by atoms with van der Waals surface area (Å²) in [4.78, 5) is 45.7. The number of aromatic amines is 1. The topological polar surface area (TPSA) is 109 Å². The molecule has 1 aliphatic carbocycles. The third-order valence-electron chi connectivity index (χ3n) is 3.86. The Labute approximate surface area is 141 Å². The van der Waals surface area contributed by atoms with Crippen LogP contribution in [-0.4, -0.2) is 32.4 Å². The van der Waals surface area contributed by atoms with Crippen LogP contribution < -0.4 is 5.56 Å². The number of ketones is 2. The highest BCUT2D eigenvalue weighted by Crippen LogP contribution is 2.15. The van der Waals surface area contributed by atoms with Gasteiger partial charge in [0.25, 0.3) is 5.56 Å². The average Bonchev–Trinajstić information content (AvgIpc) is 2.98. The Hall–Kier alpha value is -3.48. The van der Waals surface area contributed by atoms with Crippen molar-refractivity contribution in [1.82, 2.24) is 9.78 Å². The van der Waals surface area contributed by atoms with Gasteiger partial charge >= 0.3 is 5.97 Å². The van der Waals surface area contributed by atoms with Gasteiger partial charge in [0.15, 0.2) is 11.6 Å². The number of nitrogens with zero attached hydrogens (tertiary/aromatic N) is 1. The van der Waals surface area contributed by atoms with Crippen molar-refractivity contribution in [3.63, 3.8) is 0 Å². The first-order chi connectivity index (χ1) is 11.9. The minimum atomic E-state index is -1.21. The van der Waals surface area contributed by atoms with Crippen molar-refractivity contribution in [1.29, 1.82) is 0 Å². The first kappa shape index (κ1) is 16.4. The van der Waals surface area contributed by atoms with Gasteiger partial charge in [-0.3, -0.25) is 19.5 Å². The summed E-state index contributed by atoms with van der Waals surface area (Å²) in [6.45, 7) is 0. The molecule has 1 aliphatic rings. The number of carbonyl (C=O) groups is 3. The lowest BCUT2D eigenvalue weighted by atomic mass is 9.97. The Morgan fingerprint density at radius 2 is 1.76 bits per heavy atom. The monoisotopic (exact) mass is 338 g/mol. The Kier molecular flexibility index (Phi) is 4.30. The fraction of sp³-hybridized carbons (Fsp3) is 0.111. The van der Waals surface area contributed by atoms with E-state index in [1.807, 2.05) is 0 Å². The molecule has 0 radical (unpaired) electrons. The van der Waals surface area contributed by atoms with Crippen LogP contribution in [0.1, 0.15) is 22.5 Å². The van der Waals surface area contributed by atoms with Gasteiger partial charge in [-0.25, -0.2) is 9.48 Å². The molecular weight excluding hydrogens is 324 g/mol. The van der Waals surface area contributed by atoms with Crippen LogP contribution in [0, 0.1) is 0 Å². The zero-order valence-electron chi connectivity index (χ0n) is 13.1. The SMILES string of the molecule is O=C1C=CC(=O)C(CCc2ccc(-n3[nH]c(C(=O)O)cc3=O)cc2)=C1. The lowest BCUT2D eigenvalue weighted by Crippen LogP contribution is -2.13. The maximum Gasteiger partial charge on any atom is 0.353 e. The molecule has 0 saturated carbocycles. The summed E-state index contributed by atoms with van der Waals surface area (Å²) in [7, 11) is 0. The first-order valence-electron chi connectivity index (χ1n) is 7.55. The smallest absolute Gasteiger partial charge is 0.353 e. The van der Waals surface area contributed by atoms with Crippen LogP contribution in [0.15, 0.2) is 58.9 Å². The minimum Gasteiger partial charge on any atom is -0.477 e. The number of allylic oxidation sites excluding steroid dienone is 4. The van der Waals surface area contributed by atoms with Crippen molar-refractivity contribution in [3.8, 4) is 5.69 Å². The second kappa shape index (κ2) is 6.56. The molecule has 0 aliphatic heterocycles. The zero-order valence-corrected chi connectivity index (χ0v) is 13.1. The average molecular weight is 338 g/mol. The molecule has 2 aromatic rings. The van der Waals surface area contributed by atoms with Gasteiger partial charge in [0.2, 0.25) is 0 Å². The molecule has 2 N–H and O–H groups in total. The number of carbonyl (C=O) groups excluding carboxylic acids is 2. The molecule has 1 aromatic carbocycles. The van der Waals surface area contributed by atoms with Crippen LogP contribution in [0.25, 0.3) is 5.69 Å². The largest absolute Gasteiger partial charge is 0.477 e. The minimum absolute atomic E-state index is 0.157. The fourth-order valence-electron chi connectivity index (χ4n) is 2.54. The fourth-order valence-corrected chi connectivity index (χ4v) is 2.54. The maximum atomic E-state index is 11.8. The first-order valence-corrected chi connectivity index (χ1v) is 7.55. The zero-order chi connectivity index (χ0) is 18.0. The molecule has 0 unspecified atom stereocenters. The standard InChI is InChI=1S/C18H14N2O5/c21-14-7-8-16(22)12(9-14)4-1-11-2-5-13(6-3-11)20-17(23)10-15(19-20)18(24)25/h2-3,5-10,19H,1,4H2,(H,24,25). The molecule has 1 heterocycles. The van der Waals surface area contributed by atoms with Gasteiger partial charge in [-0.2, -0.15) is 0 Å². The second-order valence-electron chi connectivity index (χ2n) is 5.58. The second-order valence-corrected chi connectivity index (χ2v) is 5.58. The molecular formula is C18H14N2O5. The third kappa shape index (κ3) is 3.55. The lowest BCUT2D eigenvalue weighted by molar-refractivity contribution is -0.114. The summed E-state index contributed by atoms with van der Waals surface area (Å²) in [6, 6.07) is 7.95. The van der Waals surface area contributed by atoms with Crippen LogP contribution in [0.4, 0.5) is 0 Å². The van der Waals surface area contributed by atoms with Gasteiger partial charge in [0, 0.05) is 11.6 Å². The summed E-state index contributed by atoms with van der Waals surface area (Å²) in [5, 5.41) is 11.4. The van der Waals surface area contributed by atoms with Crippen molar-refractivity contribution in [2.75, 3.05) is 0 Å². The summed E-state index contributed by atoms with van der Waals surface area (Å²) in [6.07, 6.45) is 4.89. The lowest BCUT2D eigenvalue weighted by Gasteiger charge is -2.08. The molecule has 3 rings (SSSR count). The number of carboxylic acid groups (broad SMARTS) is 1. The van der Waals surface area contributed by atoms with E-state index in [9.17, 15) is 19.2 Å². The molecule has 0 spiro atoms. The summed E-state index contributed by atoms with van der Waals surface area (Å²) in [5.41, 5.74) is 1.26. The van der Waals surface area contributed by atoms with Gasteiger partial charge in [-0.1, -0.05) is 12.1 Å². The number of rotatable bonds is 5. The molecule has 0 amide bonds. The highest BCUT2D eigenvalue weighted by Gasteiger charge is 2.13. The number of hydrogen-bond donors (Lipinski definition) is 2. The van der Waals surface area contributed by atoms with Crippen molar-refractivity contribution < 1.29 is 19.5 Å². The van der Waals surface area contributed by atoms with Crippen molar-refractivity contribution >= 4 is 17.5 Å². The molecule has 126 valence electrons. The molecule has 1 aromatic heterocycles. The number of hydrogen-bond acceptors (Lipinski definition) is 4. The molecule has 7 heteroatoms. The summed E-state index contributed by atoms with van der Waals surface area (Å²) >= 11 is 0. The summed E-state index contributed by atoms with van der Waals surface area (Å²) < 4.78 is 1.14. The number of aryl methyl sites for hydroxylation is 1. The number of carboxylic acids is 1. The number of H-pyrrole nitrogens is 1. The van der Waals surface area contributed by atoms with Crippen molar-refractivity contribution in [2.24, 2.45) is 0 Å². The van der Waals surface area contributed by atoms with E-state index in [0.29, 0.717) is 24.1 Å². The predicted octanol–water partition coefficient (Wildman–Crippen LogP) is 1.43. The molecule has 0 saturated heterocycles. The number of benzene rings is 1. The van der Waals surface area contributed by atoms with E-state index in [1.54, 1.807) is 24.3 Å².